The van der Waals surface area contributed by atoms with Gasteiger partial charge in [0.05, 0.1) is 11.6 Å². The number of hydrogen-bond donors (Lipinski definition) is 1. The van der Waals surface area contributed by atoms with Crippen LogP contribution in [0.25, 0.3) is 0 Å². The first-order valence-electron chi connectivity index (χ1n) is 8.52. The van der Waals surface area contributed by atoms with Crippen molar-refractivity contribution < 1.29 is 24.0 Å². The molecular weight excluding hydrogens is 326 g/mol. The summed E-state index contributed by atoms with van der Waals surface area (Å²) in [6.45, 7) is 6.41. The summed E-state index contributed by atoms with van der Waals surface area (Å²) in [6.07, 6.45) is 0.743. The van der Waals surface area contributed by atoms with Gasteiger partial charge in [0.1, 0.15) is 11.2 Å². The molecule has 0 unspecified atom stereocenters. The number of aliphatic carboxylic acids is 1. The molecule has 0 saturated carbocycles. The Morgan fingerprint density at radius 3 is 2.60 bits per heavy atom. The van der Waals surface area contributed by atoms with E-state index in [1.165, 1.54) is 4.90 Å². The summed E-state index contributed by atoms with van der Waals surface area (Å²) < 4.78 is 5.10. The Hall–Kier alpha value is -2.38. The lowest BCUT2D eigenvalue weighted by Gasteiger charge is -2.24. The average molecular weight is 349 g/mol. The third-order valence-electron chi connectivity index (χ3n) is 5.56. The number of carbonyl (C=O) groups excluding carboxylic acids is 2. The molecule has 1 aromatic rings. The van der Waals surface area contributed by atoms with E-state index in [-0.39, 0.29) is 37.9 Å². The van der Waals surface area contributed by atoms with Crippen molar-refractivity contribution in [1.82, 2.24) is 15.0 Å². The van der Waals surface area contributed by atoms with Crippen LogP contribution in [0.3, 0.4) is 0 Å². The van der Waals surface area contributed by atoms with Gasteiger partial charge in [0.25, 0.3) is 0 Å². The van der Waals surface area contributed by atoms with Crippen LogP contribution in [-0.2, 0) is 20.8 Å². The van der Waals surface area contributed by atoms with Gasteiger partial charge in [0, 0.05) is 38.2 Å². The molecule has 0 bridgehead atoms. The number of hydrogen-bond acceptors (Lipinski definition) is 5. The first-order chi connectivity index (χ1) is 11.8. The number of carbonyl (C=O) groups is 3. The minimum absolute atomic E-state index is 0.0929. The number of carboxylic acids is 1. The largest absolute Gasteiger partial charge is 0.481 e. The molecule has 25 heavy (non-hydrogen) atoms. The Balaban J connectivity index is 1.70. The van der Waals surface area contributed by atoms with Crippen molar-refractivity contribution in [3.63, 3.8) is 0 Å². The topological polar surface area (TPSA) is 104 Å². The van der Waals surface area contributed by atoms with Gasteiger partial charge in [0.2, 0.25) is 11.8 Å². The highest BCUT2D eigenvalue weighted by Crippen LogP contribution is 2.43. The molecule has 1 aromatic heterocycles. The first kappa shape index (κ1) is 17.4. The molecule has 3 rings (SSSR count). The number of fused-ring (bicyclic) bond motifs is 1. The molecule has 8 nitrogen and oxygen atoms in total. The minimum Gasteiger partial charge on any atom is -0.481 e. The molecule has 3 heterocycles. The van der Waals surface area contributed by atoms with E-state index in [2.05, 4.69) is 5.16 Å². The van der Waals surface area contributed by atoms with Crippen molar-refractivity contribution in [3.05, 3.63) is 17.0 Å². The fraction of sp³-hybridized carbons (Fsp3) is 0.647. The quantitative estimate of drug-likeness (QED) is 0.835. The highest BCUT2D eigenvalue weighted by atomic mass is 16.5. The molecule has 2 saturated heterocycles. The summed E-state index contributed by atoms with van der Waals surface area (Å²) in [6, 6.07) is 0. The number of nitrogens with zero attached hydrogens (tertiary/aromatic N) is 3. The Labute approximate surface area is 145 Å². The van der Waals surface area contributed by atoms with Crippen LogP contribution < -0.4 is 0 Å². The van der Waals surface area contributed by atoms with Crippen LogP contribution in [0, 0.1) is 25.2 Å². The van der Waals surface area contributed by atoms with E-state index in [4.69, 9.17) is 4.52 Å². The highest BCUT2D eigenvalue weighted by Gasteiger charge is 2.62. The van der Waals surface area contributed by atoms with E-state index in [0.29, 0.717) is 18.7 Å². The molecule has 0 spiro atoms. The number of aromatic nitrogens is 1. The van der Waals surface area contributed by atoms with Gasteiger partial charge in [-0.25, -0.2) is 0 Å². The molecule has 2 aliphatic rings. The summed E-state index contributed by atoms with van der Waals surface area (Å²) >= 11 is 0. The highest BCUT2D eigenvalue weighted by molar-refractivity contribution is 5.94. The molecule has 2 fully saturated rings. The van der Waals surface area contributed by atoms with Crippen LogP contribution in [0.1, 0.15) is 30.4 Å². The summed E-state index contributed by atoms with van der Waals surface area (Å²) in [4.78, 5) is 40.0. The number of carboxylic acid groups (broad SMARTS) is 1. The van der Waals surface area contributed by atoms with Gasteiger partial charge in [-0.15, -0.1) is 0 Å². The van der Waals surface area contributed by atoms with Crippen LogP contribution in [-0.4, -0.2) is 64.0 Å². The maximum Gasteiger partial charge on any atom is 0.314 e. The number of likely N-dealkylation sites (tertiary alicyclic amines) is 2. The van der Waals surface area contributed by atoms with Gasteiger partial charge < -0.3 is 19.4 Å². The molecular formula is C17H23N3O5. The van der Waals surface area contributed by atoms with Gasteiger partial charge in [-0.3, -0.25) is 14.4 Å². The number of rotatable bonds is 5. The van der Waals surface area contributed by atoms with Crippen molar-refractivity contribution in [3.8, 4) is 0 Å². The molecule has 2 amide bonds. The van der Waals surface area contributed by atoms with E-state index in [9.17, 15) is 19.5 Å². The van der Waals surface area contributed by atoms with Crippen molar-refractivity contribution in [1.29, 1.82) is 0 Å². The number of aryl methyl sites for hydroxylation is 2. The van der Waals surface area contributed by atoms with E-state index >= 15 is 0 Å². The van der Waals surface area contributed by atoms with Crippen molar-refractivity contribution in [2.45, 2.75) is 33.6 Å². The monoisotopic (exact) mass is 349 g/mol. The van der Waals surface area contributed by atoms with E-state index < -0.39 is 17.3 Å². The van der Waals surface area contributed by atoms with Crippen LogP contribution in [0.5, 0.6) is 0 Å². The lowest BCUT2D eigenvalue weighted by molar-refractivity contribution is -0.150. The van der Waals surface area contributed by atoms with Gasteiger partial charge >= 0.3 is 5.97 Å². The predicted molar refractivity (Wildman–Crippen MR) is 86.7 cm³/mol. The zero-order valence-corrected chi connectivity index (χ0v) is 14.7. The maximum atomic E-state index is 12.6. The Kier molecular flexibility index (Phi) is 4.30. The van der Waals surface area contributed by atoms with Gasteiger partial charge in [-0.05, 0) is 27.2 Å². The fourth-order valence-corrected chi connectivity index (χ4v) is 4.01. The normalized spacial score (nSPS) is 25.6. The third kappa shape index (κ3) is 2.69. The van der Waals surface area contributed by atoms with E-state index in [1.807, 2.05) is 13.8 Å². The molecule has 1 N–H and O–H groups in total. The minimum atomic E-state index is -1.17. The van der Waals surface area contributed by atoms with Crippen molar-refractivity contribution in [2.24, 2.45) is 11.3 Å². The van der Waals surface area contributed by atoms with Crippen molar-refractivity contribution >= 4 is 17.8 Å². The second-order valence-corrected chi connectivity index (χ2v) is 6.94. The lowest BCUT2D eigenvalue weighted by Crippen LogP contribution is -2.42. The average Bonchev–Trinajstić information content (AvgIpc) is 3.19. The molecule has 136 valence electrons. The van der Waals surface area contributed by atoms with Crippen LogP contribution >= 0.6 is 0 Å². The first-order valence-corrected chi connectivity index (χ1v) is 8.52. The SMILES string of the molecule is CCN1C[C@]2(C(=O)O)CN(C(=O)CCc3c(C)noc3C)C[C@@H]2C1=O. The summed E-state index contributed by atoms with van der Waals surface area (Å²) in [5, 5.41) is 13.6. The summed E-state index contributed by atoms with van der Waals surface area (Å²) in [7, 11) is 0. The molecule has 2 aliphatic heterocycles. The van der Waals surface area contributed by atoms with E-state index in [0.717, 1.165) is 11.3 Å². The van der Waals surface area contributed by atoms with Crippen molar-refractivity contribution in [2.75, 3.05) is 26.2 Å². The fourth-order valence-electron chi connectivity index (χ4n) is 4.01. The molecule has 0 radical (unpaired) electrons. The lowest BCUT2D eigenvalue weighted by atomic mass is 9.81. The second kappa shape index (κ2) is 6.16. The van der Waals surface area contributed by atoms with Crippen LogP contribution in [0.15, 0.2) is 4.52 Å². The van der Waals surface area contributed by atoms with Gasteiger partial charge in [-0.2, -0.15) is 0 Å². The Morgan fingerprint density at radius 2 is 2.08 bits per heavy atom. The van der Waals surface area contributed by atoms with Crippen LogP contribution in [0.4, 0.5) is 0 Å². The Bertz CT molecular complexity index is 708. The molecule has 0 aliphatic carbocycles. The maximum absolute atomic E-state index is 12.6. The number of amides is 2. The summed E-state index contributed by atoms with van der Waals surface area (Å²) in [5.41, 5.74) is 0.500. The summed E-state index contributed by atoms with van der Waals surface area (Å²) in [5.74, 6) is -1.24. The molecule has 2 atom stereocenters. The molecule has 0 aromatic carbocycles. The Morgan fingerprint density at radius 1 is 1.36 bits per heavy atom. The van der Waals surface area contributed by atoms with Crippen LogP contribution in [0.2, 0.25) is 0 Å². The second-order valence-electron chi connectivity index (χ2n) is 6.94. The smallest absolute Gasteiger partial charge is 0.314 e. The third-order valence-corrected chi connectivity index (χ3v) is 5.56. The zero-order chi connectivity index (χ0) is 18.4. The van der Waals surface area contributed by atoms with Gasteiger partial charge in [-0.1, -0.05) is 5.16 Å². The van der Waals surface area contributed by atoms with Gasteiger partial charge in [0.15, 0.2) is 0 Å². The zero-order valence-electron chi connectivity index (χ0n) is 14.7. The molecule has 8 heteroatoms. The van der Waals surface area contributed by atoms with E-state index in [1.54, 1.807) is 11.8 Å². The predicted octanol–water partition coefficient (Wildman–Crippen LogP) is 0.616. The standard InChI is InChI=1S/C17H23N3O5/c1-4-19-8-17(16(23)24)9-20(7-13(17)15(19)22)14(21)6-5-12-10(2)18-25-11(12)3/h13H,4-9H2,1-3H3,(H,23,24)/t13-,17+/m1/s1.